The molecule has 5 nitrogen and oxygen atoms in total. The van der Waals surface area contributed by atoms with E-state index in [0.29, 0.717) is 6.42 Å². The van der Waals surface area contributed by atoms with Gasteiger partial charge < -0.3 is 10.0 Å². The first-order chi connectivity index (χ1) is 8.77. The molecule has 1 aromatic heterocycles. The highest BCUT2D eigenvalue weighted by Crippen LogP contribution is 2.29. The number of aromatic nitrogens is 2. The Bertz CT molecular complexity index is 594. The molecule has 0 spiro atoms. The molecule has 0 aliphatic carbocycles. The normalized spacial score (nSPS) is 19.3. The molecule has 0 bridgehead atoms. The Kier molecular flexibility index (Phi) is 2.59. The van der Waals surface area contributed by atoms with Gasteiger partial charge in [-0.05, 0) is 25.0 Å². The van der Waals surface area contributed by atoms with E-state index in [1.807, 2.05) is 29.2 Å². The Labute approximate surface area is 104 Å². The topological polar surface area (TPSA) is 66.3 Å². The second-order valence-electron chi connectivity index (χ2n) is 4.40. The van der Waals surface area contributed by atoms with Crippen LogP contribution in [0.15, 0.2) is 30.6 Å². The van der Waals surface area contributed by atoms with Gasteiger partial charge in [-0.3, -0.25) is 0 Å². The van der Waals surface area contributed by atoms with Gasteiger partial charge in [0, 0.05) is 11.9 Å². The summed E-state index contributed by atoms with van der Waals surface area (Å²) in [7, 11) is 0. The van der Waals surface area contributed by atoms with Gasteiger partial charge in [0.2, 0.25) is 0 Å². The molecule has 2 heterocycles. The van der Waals surface area contributed by atoms with Crippen molar-refractivity contribution in [3.8, 4) is 0 Å². The van der Waals surface area contributed by atoms with Crippen LogP contribution in [-0.4, -0.2) is 33.6 Å². The van der Waals surface area contributed by atoms with Crippen molar-refractivity contribution in [2.75, 3.05) is 11.4 Å². The average Bonchev–Trinajstić information content (AvgIpc) is 2.87. The predicted molar refractivity (Wildman–Crippen MR) is 67.5 cm³/mol. The van der Waals surface area contributed by atoms with Crippen molar-refractivity contribution >= 4 is 22.7 Å². The molecule has 1 atom stereocenters. The lowest BCUT2D eigenvalue weighted by atomic mass is 10.2. The van der Waals surface area contributed by atoms with Gasteiger partial charge in [-0.15, -0.1) is 0 Å². The molecule has 2 aromatic rings. The lowest BCUT2D eigenvalue weighted by molar-refractivity contribution is -0.138. The first-order valence-corrected chi connectivity index (χ1v) is 5.96. The van der Waals surface area contributed by atoms with E-state index >= 15 is 0 Å². The first-order valence-electron chi connectivity index (χ1n) is 5.96. The van der Waals surface area contributed by atoms with E-state index in [2.05, 4.69) is 9.97 Å². The van der Waals surface area contributed by atoms with Gasteiger partial charge in [-0.25, -0.2) is 14.8 Å². The van der Waals surface area contributed by atoms with Crippen molar-refractivity contribution in [1.29, 1.82) is 0 Å². The Morgan fingerprint density at radius 3 is 3.00 bits per heavy atom. The van der Waals surface area contributed by atoms with Gasteiger partial charge in [0.1, 0.15) is 18.2 Å². The van der Waals surface area contributed by atoms with Crippen molar-refractivity contribution < 1.29 is 9.90 Å². The molecule has 3 rings (SSSR count). The fourth-order valence-electron chi connectivity index (χ4n) is 2.50. The quantitative estimate of drug-likeness (QED) is 0.869. The smallest absolute Gasteiger partial charge is 0.326 e. The zero-order valence-corrected chi connectivity index (χ0v) is 9.78. The third kappa shape index (κ3) is 1.68. The Morgan fingerprint density at radius 2 is 2.17 bits per heavy atom. The number of carboxylic acids is 1. The molecule has 0 saturated carbocycles. The maximum atomic E-state index is 11.2. The molecule has 5 heteroatoms. The van der Waals surface area contributed by atoms with Crippen LogP contribution in [0.25, 0.3) is 10.9 Å². The van der Waals surface area contributed by atoms with Crippen molar-refractivity contribution in [2.24, 2.45) is 0 Å². The number of para-hydroxylation sites is 1. The maximum absolute atomic E-state index is 11.2. The number of rotatable bonds is 2. The lowest BCUT2D eigenvalue weighted by Gasteiger charge is -2.23. The minimum atomic E-state index is -0.782. The largest absolute Gasteiger partial charge is 0.480 e. The van der Waals surface area contributed by atoms with E-state index in [1.165, 1.54) is 6.33 Å². The van der Waals surface area contributed by atoms with Crippen LogP contribution in [0, 0.1) is 0 Å². The van der Waals surface area contributed by atoms with Crippen LogP contribution in [0.3, 0.4) is 0 Å². The second kappa shape index (κ2) is 4.25. The van der Waals surface area contributed by atoms with Gasteiger partial charge in [-0.2, -0.15) is 0 Å². The summed E-state index contributed by atoms with van der Waals surface area (Å²) in [6.45, 7) is 0.734. The number of nitrogens with zero attached hydrogens (tertiary/aromatic N) is 3. The summed E-state index contributed by atoms with van der Waals surface area (Å²) >= 11 is 0. The van der Waals surface area contributed by atoms with E-state index in [0.717, 1.165) is 29.7 Å². The highest BCUT2D eigenvalue weighted by Gasteiger charge is 2.32. The number of hydrogen-bond donors (Lipinski definition) is 1. The van der Waals surface area contributed by atoms with Crippen molar-refractivity contribution in [3.05, 3.63) is 30.6 Å². The summed E-state index contributed by atoms with van der Waals surface area (Å²) in [5.41, 5.74) is 0.846. The van der Waals surface area contributed by atoms with Crippen LogP contribution < -0.4 is 4.90 Å². The number of carbonyl (C=O) groups is 1. The third-order valence-corrected chi connectivity index (χ3v) is 3.33. The summed E-state index contributed by atoms with van der Waals surface area (Å²) in [6.07, 6.45) is 3.05. The van der Waals surface area contributed by atoms with Crippen molar-refractivity contribution in [3.63, 3.8) is 0 Å². The van der Waals surface area contributed by atoms with E-state index in [4.69, 9.17) is 0 Å². The Morgan fingerprint density at radius 1 is 1.33 bits per heavy atom. The van der Waals surface area contributed by atoms with Gasteiger partial charge in [-0.1, -0.05) is 12.1 Å². The van der Waals surface area contributed by atoms with Gasteiger partial charge in [0.05, 0.1) is 5.52 Å². The van der Waals surface area contributed by atoms with E-state index in [-0.39, 0.29) is 0 Å². The molecule has 0 radical (unpaired) electrons. The van der Waals surface area contributed by atoms with Crippen molar-refractivity contribution in [1.82, 2.24) is 9.97 Å². The fourth-order valence-corrected chi connectivity index (χ4v) is 2.50. The molecule has 1 aromatic carbocycles. The van der Waals surface area contributed by atoms with Crippen LogP contribution in [0.2, 0.25) is 0 Å². The van der Waals surface area contributed by atoms with Crippen LogP contribution in [0.1, 0.15) is 12.8 Å². The molecule has 1 fully saturated rings. The summed E-state index contributed by atoms with van der Waals surface area (Å²) in [6, 6.07) is 7.20. The Balaban J connectivity index is 2.11. The minimum Gasteiger partial charge on any atom is -0.480 e. The number of fused-ring (bicyclic) bond motifs is 1. The predicted octanol–water partition coefficient (Wildman–Crippen LogP) is 1.68. The first kappa shape index (κ1) is 11.0. The molecule has 0 unspecified atom stereocenters. The fraction of sp³-hybridized carbons (Fsp3) is 0.308. The molecule has 1 N–H and O–H groups in total. The standard InChI is InChI=1S/C13H13N3O2/c17-13(18)11-6-3-7-16(11)12-9-4-1-2-5-10(9)14-8-15-12/h1-2,4-5,8,11H,3,6-7H2,(H,17,18)/t11-/m0/s1. The zero-order valence-electron chi connectivity index (χ0n) is 9.78. The maximum Gasteiger partial charge on any atom is 0.326 e. The number of aliphatic carboxylic acids is 1. The molecule has 18 heavy (non-hydrogen) atoms. The van der Waals surface area contributed by atoms with E-state index < -0.39 is 12.0 Å². The number of carboxylic acid groups (broad SMARTS) is 1. The highest BCUT2D eigenvalue weighted by atomic mass is 16.4. The molecule has 0 amide bonds. The van der Waals surface area contributed by atoms with Crippen LogP contribution in [0.4, 0.5) is 5.82 Å². The monoisotopic (exact) mass is 243 g/mol. The molecular formula is C13H13N3O2. The third-order valence-electron chi connectivity index (χ3n) is 3.33. The van der Waals surface area contributed by atoms with Gasteiger partial charge >= 0.3 is 5.97 Å². The van der Waals surface area contributed by atoms with Gasteiger partial charge in [0.15, 0.2) is 0 Å². The number of anilines is 1. The molecule has 1 saturated heterocycles. The SMILES string of the molecule is O=C(O)[C@@H]1CCCN1c1ncnc2ccccc12. The average molecular weight is 243 g/mol. The minimum absolute atomic E-state index is 0.469. The zero-order chi connectivity index (χ0) is 12.5. The summed E-state index contributed by atoms with van der Waals surface area (Å²) in [5.74, 6) is -0.0549. The molecule has 1 aliphatic rings. The lowest BCUT2D eigenvalue weighted by Crippen LogP contribution is -2.36. The van der Waals surface area contributed by atoms with Crippen LogP contribution in [-0.2, 0) is 4.79 Å². The summed E-state index contributed by atoms with van der Waals surface area (Å²) in [4.78, 5) is 21.6. The molecule has 92 valence electrons. The van der Waals surface area contributed by atoms with Crippen molar-refractivity contribution in [2.45, 2.75) is 18.9 Å². The summed E-state index contributed by atoms with van der Waals surface area (Å²) in [5, 5.41) is 10.1. The Hall–Kier alpha value is -2.17. The second-order valence-corrected chi connectivity index (χ2v) is 4.40. The molecular weight excluding hydrogens is 230 g/mol. The van der Waals surface area contributed by atoms with E-state index in [9.17, 15) is 9.90 Å². The summed E-state index contributed by atoms with van der Waals surface area (Å²) < 4.78 is 0. The molecule has 1 aliphatic heterocycles. The number of benzene rings is 1. The van der Waals surface area contributed by atoms with Gasteiger partial charge in [0.25, 0.3) is 0 Å². The number of hydrogen-bond acceptors (Lipinski definition) is 4. The van der Waals surface area contributed by atoms with Crippen LogP contribution >= 0.6 is 0 Å². The highest BCUT2D eigenvalue weighted by molar-refractivity contribution is 5.91. The van der Waals surface area contributed by atoms with Crippen LogP contribution in [0.5, 0.6) is 0 Å². The van der Waals surface area contributed by atoms with E-state index in [1.54, 1.807) is 0 Å².